The third kappa shape index (κ3) is 1.21. The van der Waals surface area contributed by atoms with Crippen LogP contribution in [0.3, 0.4) is 0 Å². The van der Waals surface area contributed by atoms with Crippen molar-refractivity contribution in [1.82, 2.24) is 4.90 Å². The fraction of sp³-hybridized carbons (Fsp3) is 0.125. The van der Waals surface area contributed by atoms with Crippen LogP contribution < -0.4 is 0 Å². The number of aliphatic hydroxyl groups is 1. The molecule has 6 nitrogen and oxygen atoms in total. The van der Waals surface area contributed by atoms with Crippen LogP contribution in [0, 0.1) is 0 Å². The zero-order valence-corrected chi connectivity index (χ0v) is 7.03. The minimum absolute atomic E-state index is 0.171. The Balaban J connectivity index is 2.39. The maximum absolute atomic E-state index is 10.7. The first-order valence-electron chi connectivity index (χ1n) is 3.88. The largest absolute Gasteiger partial charge is 0.478 e. The number of nitrogens with zero attached hydrogens (tertiary/aromatic N) is 3. The van der Waals surface area contributed by atoms with Crippen LogP contribution in [0.4, 0.5) is 0 Å². The molecular weight excluding hydrogens is 186 g/mol. The monoisotopic (exact) mass is 193 g/mol. The molecule has 0 saturated heterocycles. The molecule has 0 radical (unpaired) electrons. The third-order valence-corrected chi connectivity index (χ3v) is 1.86. The van der Waals surface area contributed by atoms with Gasteiger partial charge in [-0.15, -0.1) is 0 Å². The highest BCUT2D eigenvalue weighted by molar-refractivity contribution is 5.98. The van der Waals surface area contributed by atoms with Crippen LogP contribution >= 0.6 is 0 Å². The molecule has 0 saturated carbocycles. The number of carbonyl (C=O) groups is 1. The Bertz CT molecular complexity index is 395. The van der Waals surface area contributed by atoms with Crippen LogP contribution in [0.2, 0.25) is 0 Å². The van der Waals surface area contributed by atoms with Crippen molar-refractivity contribution < 1.29 is 15.0 Å². The van der Waals surface area contributed by atoms with E-state index in [4.69, 9.17) is 5.11 Å². The molecule has 2 N–H and O–H groups in total. The van der Waals surface area contributed by atoms with E-state index in [2.05, 4.69) is 9.98 Å². The quantitative estimate of drug-likeness (QED) is 0.590. The highest BCUT2D eigenvalue weighted by Gasteiger charge is 2.29. The standard InChI is InChI=1S/C8H7N3O3/c12-6-5(7(13)14)4-10-8-9-2-1-3-11(6)8/h1-4,6,12H,(H,13,14)/t6-/m1/s1. The minimum atomic E-state index is -1.23. The van der Waals surface area contributed by atoms with E-state index < -0.39 is 12.2 Å². The van der Waals surface area contributed by atoms with E-state index in [-0.39, 0.29) is 11.5 Å². The maximum atomic E-state index is 10.7. The topological polar surface area (TPSA) is 85.5 Å². The number of aliphatic hydroxyl groups excluding tert-OH is 1. The number of guanidine groups is 1. The fourth-order valence-electron chi connectivity index (χ4n) is 1.17. The average molecular weight is 193 g/mol. The van der Waals surface area contributed by atoms with Gasteiger partial charge in [0.2, 0.25) is 5.96 Å². The van der Waals surface area contributed by atoms with E-state index in [9.17, 15) is 9.90 Å². The molecule has 0 fully saturated rings. The highest BCUT2D eigenvalue weighted by atomic mass is 16.4. The molecule has 72 valence electrons. The van der Waals surface area contributed by atoms with Crippen molar-refractivity contribution >= 4 is 18.1 Å². The molecule has 0 unspecified atom stereocenters. The summed E-state index contributed by atoms with van der Waals surface area (Å²) >= 11 is 0. The number of rotatable bonds is 1. The third-order valence-electron chi connectivity index (χ3n) is 1.86. The Morgan fingerprint density at radius 3 is 3.07 bits per heavy atom. The molecule has 0 aromatic heterocycles. The second-order valence-electron chi connectivity index (χ2n) is 2.72. The lowest BCUT2D eigenvalue weighted by molar-refractivity contribution is -0.134. The normalized spacial score (nSPS) is 24.1. The summed E-state index contributed by atoms with van der Waals surface area (Å²) in [7, 11) is 0. The predicted octanol–water partition coefficient (Wildman–Crippen LogP) is -0.457. The van der Waals surface area contributed by atoms with Crippen LogP contribution in [0.15, 0.2) is 34.0 Å². The summed E-state index contributed by atoms with van der Waals surface area (Å²) in [5, 5.41) is 18.3. The van der Waals surface area contributed by atoms with Crippen LogP contribution in [0.5, 0.6) is 0 Å². The second-order valence-corrected chi connectivity index (χ2v) is 2.72. The molecule has 6 heteroatoms. The van der Waals surface area contributed by atoms with Crippen LogP contribution in [0.1, 0.15) is 0 Å². The number of allylic oxidation sites excluding steroid dienone is 1. The predicted molar refractivity (Wildman–Crippen MR) is 48.6 cm³/mol. The Hall–Kier alpha value is -1.95. The van der Waals surface area contributed by atoms with Crippen molar-refractivity contribution in [3.8, 4) is 0 Å². The SMILES string of the molecule is O=C(O)C1=CN=C2N=CC=CN2[C@@H]1O. The number of aliphatic carboxylic acids is 1. The van der Waals surface area contributed by atoms with Gasteiger partial charge in [-0.25, -0.2) is 14.8 Å². The van der Waals surface area contributed by atoms with Gasteiger partial charge in [-0.05, 0) is 6.08 Å². The molecule has 14 heavy (non-hydrogen) atoms. The molecule has 2 aliphatic heterocycles. The summed E-state index contributed by atoms with van der Waals surface area (Å²) < 4.78 is 0. The molecule has 1 atom stereocenters. The maximum Gasteiger partial charge on any atom is 0.337 e. The van der Waals surface area contributed by atoms with E-state index in [0.717, 1.165) is 6.20 Å². The van der Waals surface area contributed by atoms with E-state index >= 15 is 0 Å². The smallest absolute Gasteiger partial charge is 0.337 e. The zero-order valence-electron chi connectivity index (χ0n) is 7.03. The first kappa shape index (κ1) is 8.64. The first-order chi connectivity index (χ1) is 6.70. The average Bonchev–Trinajstić information content (AvgIpc) is 2.18. The van der Waals surface area contributed by atoms with Gasteiger partial charge in [0.25, 0.3) is 0 Å². The number of carboxylic acids is 1. The Morgan fingerprint density at radius 1 is 1.57 bits per heavy atom. The van der Waals surface area contributed by atoms with Crippen LogP contribution in [0.25, 0.3) is 0 Å². The lowest BCUT2D eigenvalue weighted by atomic mass is 10.2. The molecule has 0 aliphatic carbocycles. The number of fused-ring (bicyclic) bond motifs is 1. The lowest BCUT2D eigenvalue weighted by Crippen LogP contribution is -2.41. The first-order valence-corrected chi connectivity index (χ1v) is 3.88. The van der Waals surface area contributed by atoms with Crippen LogP contribution in [-0.2, 0) is 4.79 Å². The van der Waals surface area contributed by atoms with Gasteiger partial charge in [0.1, 0.15) is 5.57 Å². The lowest BCUT2D eigenvalue weighted by Gasteiger charge is -2.29. The molecule has 0 bridgehead atoms. The van der Waals surface area contributed by atoms with Crippen molar-refractivity contribution in [2.24, 2.45) is 9.98 Å². The van der Waals surface area contributed by atoms with Gasteiger partial charge in [-0.3, -0.25) is 4.90 Å². The molecular formula is C8H7N3O3. The fourth-order valence-corrected chi connectivity index (χ4v) is 1.17. The van der Waals surface area contributed by atoms with Gasteiger partial charge < -0.3 is 10.2 Å². The molecule has 0 amide bonds. The minimum Gasteiger partial charge on any atom is -0.478 e. The summed E-state index contributed by atoms with van der Waals surface area (Å²) in [6.45, 7) is 0. The van der Waals surface area contributed by atoms with Crippen molar-refractivity contribution in [2.75, 3.05) is 0 Å². The van der Waals surface area contributed by atoms with Gasteiger partial charge in [0.05, 0.1) is 0 Å². The van der Waals surface area contributed by atoms with Crippen molar-refractivity contribution in [2.45, 2.75) is 6.23 Å². The number of aliphatic imine (C=N–C) groups is 2. The molecule has 0 aromatic rings. The Morgan fingerprint density at radius 2 is 2.36 bits per heavy atom. The molecule has 2 aliphatic rings. The van der Waals surface area contributed by atoms with E-state index in [1.165, 1.54) is 17.3 Å². The van der Waals surface area contributed by atoms with Gasteiger partial charge in [0, 0.05) is 18.6 Å². The summed E-state index contributed by atoms with van der Waals surface area (Å²) in [6.07, 6.45) is 4.50. The number of carboxylic acid groups (broad SMARTS) is 1. The zero-order chi connectivity index (χ0) is 10.1. The van der Waals surface area contributed by atoms with E-state index in [1.807, 2.05) is 0 Å². The van der Waals surface area contributed by atoms with E-state index in [0.29, 0.717) is 0 Å². The molecule has 0 aromatic carbocycles. The van der Waals surface area contributed by atoms with Gasteiger partial charge in [-0.1, -0.05) is 0 Å². The van der Waals surface area contributed by atoms with Gasteiger partial charge in [0.15, 0.2) is 6.23 Å². The van der Waals surface area contributed by atoms with Crippen molar-refractivity contribution in [3.63, 3.8) is 0 Å². The molecule has 2 rings (SSSR count). The van der Waals surface area contributed by atoms with Gasteiger partial charge >= 0.3 is 5.97 Å². The second kappa shape index (κ2) is 3.08. The molecule has 0 spiro atoms. The number of hydrogen-bond donors (Lipinski definition) is 2. The summed E-state index contributed by atoms with van der Waals surface area (Å²) in [6, 6.07) is 0. The Labute approximate surface area is 79.2 Å². The van der Waals surface area contributed by atoms with Crippen LogP contribution in [-0.4, -0.2) is 39.5 Å². The molecule has 2 heterocycles. The van der Waals surface area contributed by atoms with Crippen molar-refractivity contribution in [1.29, 1.82) is 0 Å². The summed E-state index contributed by atoms with van der Waals surface area (Å²) in [5.74, 6) is -0.909. The Kier molecular flexibility index (Phi) is 1.90. The van der Waals surface area contributed by atoms with Gasteiger partial charge in [-0.2, -0.15) is 0 Å². The summed E-state index contributed by atoms with van der Waals surface area (Å²) in [4.78, 5) is 19.6. The number of hydrogen-bond acceptors (Lipinski definition) is 5. The van der Waals surface area contributed by atoms with E-state index in [1.54, 1.807) is 6.08 Å². The highest BCUT2D eigenvalue weighted by Crippen LogP contribution is 2.17. The summed E-state index contributed by atoms with van der Waals surface area (Å²) in [5.41, 5.74) is -0.171. The van der Waals surface area contributed by atoms with Crippen molar-refractivity contribution in [3.05, 3.63) is 24.0 Å².